The predicted octanol–water partition coefficient (Wildman–Crippen LogP) is 1.99. The third-order valence-electron chi connectivity index (χ3n) is 3.02. The molecule has 0 aromatic rings. The van der Waals surface area contributed by atoms with Crippen molar-refractivity contribution in [2.45, 2.75) is 31.8 Å². The Kier molecular flexibility index (Phi) is 4.90. The Morgan fingerprint density at radius 2 is 2.12 bits per heavy atom. The summed E-state index contributed by atoms with van der Waals surface area (Å²) in [6.07, 6.45) is 7.55. The van der Waals surface area contributed by atoms with Crippen molar-refractivity contribution in [2.24, 2.45) is 4.99 Å². The largest absolute Gasteiger partial charge is 0.389 e. The molecular formula is C13H22N2O. The van der Waals surface area contributed by atoms with Crippen molar-refractivity contribution in [3.8, 4) is 0 Å². The van der Waals surface area contributed by atoms with E-state index in [-0.39, 0.29) is 0 Å². The lowest BCUT2D eigenvalue weighted by Gasteiger charge is -2.36. The zero-order valence-electron chi connectivity index (χ0n) is 10.3. The van der Waals surface area contributed by atoms with Gasteiger partial charge in [-0.1, -0.05) is 12.7 Å². The summed E-state index contributed by atoms with van der Waals surface area (Å²) >= 11 is 0. The number of aliphatic hydroxyl groups is 1. The van der Waals surface area contributed by atoms with Crippen LogP contribution in [0.2, 0.25) is 0 Å². The second-order valence-corrected chi connectivity index (χ2v) is 4.65. The molecule has 1 fully saturated rings. The van der Waals surface area contributed by atoms with Crippen LogP contribution in [0.1, 0.15) is 26.2 Å². The maximum atomic E-state index is 10.4. The highest BCUT2D eigenvalue weighted by atomic mass is 16.3. The van der Waals surface area contributed by atoms with E-state index in [9.17, 15) is 5.11 Å². The Labute approximate surface area is 98.2 Å². The Balaban J connectivity index is 2.49. The second-order valence-electron chi connectivity index (χ2n) is 4.65. The Hall–Kier alpha value is -0.930. The molecule has 1 N–H and O–H groups in total. The van der Waals surface area contributed by atoms with Crippen molar-refractivity contribution in [3.05, 3.63) is 24.9 Å². The van der Waals surface area contributed by atoms with Gasteiger partial charge in [0.15, 0.2) is 0 Å². The van der Waals surface area contributed by atoms with Crippen molar-refractivity contribution in [1.29, 1.82) is 0 Å². The highest BCUT2D eigenvalue weighted by molar-refractivity contribution is 5.83. The van der Waals surface area contributed by atoms with E-state index >= 15 is 0 Å². The SMILES string of the molecule is C=C/C=C\N=C(C)CC1(O)CCN(C)CC1. The van der Waals surface area contributed by atoms with Gasteiger partial charge < -0.3 is 10.0 Å². The molecule has 3 heteroatoms. The normalized spacial score (nSPS) is 22.6. The number of allylic oxidation sites excluding steroid dienone is 2. The molecule has 1 heterocycles. The summed E-state index contributed by atoms with van der Waals surface area (Å²) in [5.41, 5.74) is 0.424. The molecule has 0 saturated carbocycles. The fraction of sp³-hybridized carbons (Fsp3) is 0.615. The summed E-state index contributed by atoms with van der Waals surface area (Å²) in [6, 6.07) is 0. The number of hydrogen-bond acceptors (Lipinski definition) is 3. The first-order valence-electron chi connectivity index (χ1n) is 5.77. The summed E-state index contributed by atoms with van der Waals surface area (Å²) < 4.78 is 0. The molecule has 0 aromatic heterocycles. The van der Waals surface area contributed by atoms with Gasteiger partial charge in [-0.05, 0) is 32.9 Å². The lowest BCUT2D eigenvalue weighted by atomic mass is 9.87. The van der Waals surface area contributed by atoms with Gasteiger partial charge in [0.25, 0.3) is 0 Å². The van der Waals surface area contributed by atoms with Gasteiger partial charge >= 0.3 is 0 Å². The van der Waals surface area contributed by atoms with Crippen LogP contribution in [0.15, 0.2) is 29.9 Å². The molecule has 0 spiro atoms. The summed E-state index contributed by atoms with van der Waals surface area (Å²) in [5, 5.41) is 10.4. The third-order valence-corrected chi connectivity index (χ3v) is 3.02. The van der Waals surface area contributed by atoms with Crippen LogP contribution in [0.3, 0.4) is 0 Å². The first-order valence-corrected chi connectivity index (χ1v) is 5.77. The van der Waals surface area contributed by atoms with Gasteiger partial charge in [0.05, 0.1) is 5.60 Å². The molecule has 0 unspecified atom stereocenters. The topological polar surface area (TPSA) is 35.8 Å². The number of nitrogens with zero attached hydrogens (tertiary/aromatic N) is 2. The third kappa shape index (κ3) is 4.29. The van der Waals surface area contributed by atoms with E-state index in [0.717, 1.165) is 31.6 Å². The van der Waals surface area contributed by atoms with Crippen LogP contribution in [0.25, 0.3) is 0 Å². The summed E-state index contributed by atoms with van der Waals surface area (Å²) in [5.74, 6) is 0. The van der Waals surface area contributed by atoms with Gasteiger partial charge in [-0.3, -0.25) is 4.99 Å². The fourth-order valence-electron chi connectivity index (χ4n) is 1.96. The van der Waals surface area contributed by atoms with Crippen LogP contribution in [0.4, 0.5) is 0 Å². The Morgan fingerprint density at radius 1 is 1.50 bits per heavy atom. The molecule has 1 saturated heterocycles. The van der Waals surface area contributed by atoms with E-state index in [0.29, 0.717) is 6.42 Å². The van der Waals surface area contributed by atoms with Crippen molar-refractivity contribution < 1.29 is 5.11 Å². The van der Waals surface area contributed by atoms with Crippen LogP contribution < -0.4 is 0 Å². The van der Waals surface area contributed by atoms with E-state index in [1.54, 1.807) is 18.4 Å². The molecule has 90 valence electrons. The van der Waals surface area contributed by atoms with Gasteiger partial charge in [0, 0.05) is 31.4 Å². The first kappa shape index (κ1) is 13.1. The average molecular weight is 222 g/mol. The van der Waals surface area contributed by atoms with Crippen molar-refractivity contribution >= 4 is 5.71 Å². The zero-order valence-corrected chi connectivity index (χ0v) is 10.3. The summed E-state index contributed by atoms with van der Waals surface area (Å²) in [7, 11) is 2.09. The van der Waals surface area contributed by atoms with Gasteiger partial charge in [0.1, 0.15) is 0 Å². The molecule has 3 nitrogen and oxygen atoms in total. The molecule has 0 aromatic carbocycles. The van der Waals surface area contributed by atoms with Gasteiger partial charge in [-0.25, -0.2) is 0 Å². The number of aliphatic imine (C=N–C) groups is 1. The predicted molar refractivity (Wildman–Crippen MR) is 68.7 cm³/mol. The molecule has 0 bridgehead atoms. The highest BCUT2D eigenvalue weighted by Crippen LogP contribution is 2.25. The Bertz CT molecular complexity index is 286. The van der Waals surface area contributed by atoms with Crippen LogP contribution in [0.5, 0.6) is 0 Å². The quantitative estimate of drug-likeness (QED) is 0.583. The fourth-order valence-corrected chi connectivity index (χ4v) is 1.96. The van der Waals surface area contributed by atoms with Gasteiger partial charge in [0.2, 0.25) is 0 Å². The summed E-state index contributed by atoms with van der Waals surface area (Å²) in [4.78, 5) is 6.51. The molecule has 1 rings (SSSR count). The highest BCUT2D eigenvalue weighted by Gasteiger charge is 2.31. The van der Waals surface area contributed by atoms with Crippen molar-refractivity contribution in [2.75, 3.05) is 20.1 Å². The molecule has 1 aliphatic heterocycles. The Morgan fingerprint density at radius 3 is 2.69 bits per heavy atom. The van der Waals surface area contributed by atoms with E-state index in [1.807, 2.05) is 6.92 Å². The maximum Gasteiger partial charge on any atom is 0.0724 e. The van der Waals surface area contributed by atoms with Gasteiger partial charge in [-0.2, -0.15) is 0 Å². The zero-order chi connectivity index (χ0) is 12.0. The smallest absolute Gasteiger partial charge is 0.0724 e. The molecule has 0 radical (unpaired) electrons. The molecular weight excluding hydrogens is 200 g/mol. The number of likely N-dealkylation sites (tertiary alicyclic amines) is 1. The number of piperidine rings is 1. The number of rotatable bonds is 4. The minimum atomic E-state index is -0.553. The van der Waals surface area contributed by atoms with E-state index in [1.165, 1.54) is 0 Å². The number of hydrogen-bond donors (Lipinski definition) is 1. The summed E-state index contributed by atoms with van der Waals surface area (Å²) in [6.45, 7) is 7.48. The maximum absolute atomic E-state index is 10.4. The van der Waals surface area contributed by atoms with Gasteiger partial charge in [-0.15, -0.1) is 0 Å². The van der Waals surface area contributed by atoms with Crippen LogP contribution >= 0.6 is 0 Å². The lowest BCUT2D eigenvalue weighted by molar-refractivity contribution is -0.00925. The van der Waals surface area contributed by atoms with Crippen molar-refractivity contribution in [3.63, 3.8) is 0 Å². The minimum Gasteiger partial charge on any atom is -0.389 e. The average Bonchev–Trinajstić information content (AvgIpc) is 2.23. The van der Waals surface area contributed by atoms with Crippen molar-refractivity contribution in [1.82, 2.24) is 4.90 Å². The second kappa shape index (κ2) is 5.97. The van der Waals surface area contributed by atoms with E-state index < -0.39 is 5.60 Å². The molecule has 0 amide bonds. The molecule has 0 atom stereocenters. The first-order chi connectivity index (χ1) is 7.56. The monoisotopic (exact) mass is 222 g/mol. The lowest BCUT2D eigenvalue weighted by Crippen LogP contribution is -2.43. The van der Waals surface area contributed by atoms with Crippen LogP contribution in [-0.4, -0.2) is 41.5 Å². The van der Waals surface area contributed by atoms with E-state index in [2.05, 4.69) is 23.5 Å². The molecule has 0 aliphatic carbocycles. The van der Waals surface area contributed by atoms with E-state index in [4.69, 9.17) is 0 Å². The molecule has 1 aliphatic rings. The molecule has 16 heavy (non-hydrogen) atoms. The van der Waals surface area contributed by atoms with Crippen LogP contribution in [-0.2, 0) is 0 Å². The van der Waals surface area contributed by atoms with Crippen LogP contribution in [0, 0.1) is 0 Å². The minimum absolute atomic E-state index is 0.553. The standard InChI is InChI=1S/C13H22N2O/c1-4-5-8-14-12(2)11-13(16)6-9-15(3)10-7-13/h4-5,8,16H,1,6-7,9-11H2,2-3H3/b8-5-,14-12?.